The molecule has 23 heavy (non-hydrogen) atoms. The summed E-state index contributed by atoms with van der Waals surface area (Å²) >= 11 is 0.984. The maximum absolute atomic E-state index is 9.96. The number of hydrogen-bond donors (Lipinski definition) is 3. The van der Waals surface area contributed by atoms with Gasteiger partial charge in [0.25, 0.3) is 0 Å². The van der Waals surface area contributed by atoms with Crippen molar-refractivity contribution in [1.29, 1.82) is 0 Å². The summed E-state index contributed by atoms with van der Waals surface area (Å²) in [5.41, 5.74) is -1.75. The second-order valence-electron chi connectivity index (χ2n) is 3.84. The van der Waals surface area contributed by atoms with Crippen LogP contribution in [0, 0.1) is 5.41 Å². The molecule has 0 heterocycles. The first-order chi connectivity index (χ1) is 10.8. The molecule has 128 valence electrons. The number of rotatable bonds is 5. The molecular formula is C13H16MnO8P. The fourth-order valence-corrected chi connectivity index (χ4v) is 1.83. The van der Waals surface area contributed by atoms with Gasteiger partial charge in [-0.05, 0) is 0 Å². The van der Waals surface area contributed by atoms with Crippen LogP contribution in [0.25, 0.3) is 0 Å². The summed E-state index contributed by atoms with van der Waals surface area (Å²) in [6.45, 7) is -1.53. The Balaban J connectivity index is 0. The normalized spacial score (nSPS) is 11.9. The van der Waals surface area contributed by atoms with Gasteiger partial charge in [-0.3, -0.25) is 0 Å². The van der Waals surface area contributed by atoms with Crippen molar-refractivity contribution in [2.75, 3.05) is 13.2 Å². The van der Waals surface area contributed by atoms with E-state index in [0.29, 0.717) is 6.08 Å². The molecule has 0 aromatic rings. The summed E-state index contributed by atoms with van der Waals surface area (Å²) in [7, 11) is -3.37. The van der Waals surface area contributed by atoms with Crippen molar-refractivity contribution in [1.82, 2.24) is 0 Å². The Morgan fingerprint density at radius 3 is 2.13 bits per heavy atom. The molecule has 1 aliphatic carbocycles. The van der Waals surface area contributed by atoms with Gasteiger partial charge in [-0.15, -0.1) is 0 Å². The van der Waals surface area contributed by atoms with Crippen LogP contribution >= 0.6 is 8.60 Å². The van der Waals surface area contributed by atoms with Gasteiger partial charge in [0.05, 0.1) is 13.2 Å². The van der Waals surface area contributed by atoms with Crippen LogP contribution < -0.4 is 14.7 Å². The summed E-state index contributed by atoms with van der Waals surface area (Å²) in [6, 6.07) is 0. The molecule has 0 fully saturated rings. The smallest absolute Gasteiger partial charge is 0.438 e. The molecule has 0 bridgehead atoms. The summed E-state index contributed by atoms with van der Waals surface area (Å²) in [6.07, 6.45) is 8.42. The van der Waals surface area contributed by atoms with Gasteiger partial charge in [-0.1, -0.05) is 0 Å². The van der Waals surface area contributed by atoms with Crippen molar-refractivity contribution < 1.29 is 54.5 Å². The van der Waals surface area contributed by atoms with Crippen molar-refractivity contribution in [3.05, 3.63) is 34.5 Å². The maximum Gasteiger partial charge on any atom is -0.438 e. The maximum atomic E-state index is 9.96. The zero-order valence-corrected chi connectivity index (χ0v) is 14.2. The van der Waals surface area contributed by atoms with Crippen LogP contribution in [0.1, 0.15) is 6.42 Å². The summed E-state index contributed by atoms with van der Waals surface area (Å²) in [5.74, 6) is 3.66. The molecule has 0 aromatic heterocycles. The monoisotopic (exact) mass is 386 g/mol. The predicted molar refractivity (Wildman–Crippen MR) is 73.3 cm³/mol. The minimum Gasteiger partial charge on any atom is -0.854 e. The van der Waals surface area contributed by atoms with Gasteiger partial charge in [0.2, 0.25) is 0 Å². The Kier molecular flexibility index (Phi) is 15.3. The van der Waals surface area contributed by atoms with Crippen molar-refractivity contribution in [3.8, 4) is 0 Å². The van der Waals surface area contributed by atoms with Gasteiger partial charge in [0, 0.05) is 6.08 Å². The molecule has 1 rings (SSSR count). The van der Waals surface area contributed by atoms with Crippen LogP contribution in [0.3, 0.4) is 0 Å². The van der Waals surface area contributed by atoms with E-state index in [1.165, 1.54) is 12.4 Å². The molecule has 0 saturated carbocycles. The molecule has 0 radical (unpaired) electrons. The van der Waals surface area contributed by atoms with Crippen LogP contribution in [-0.2, 0) is 24.5 Å². The Bertz CT molecular complexity index is 483. The number of allylic oxidation sites excluding steroid dienone is 4. The van der Waals surface area contributed by atoms with Gasteiger partial charge in [-0.25, -0.2) is 9.59 Å². The van der Waals surface area contributed by atoms with Gasteiger partial charge >= 0.3 is 49.9 Å². The van der Waals surface area contributed by atoms with Crippen molar-refractivity contribution in [2.45, 2.75) is 12.2 Å². The predicted octanol–water partition coefficient (Wildman–Crippen LogP) is -2.13. The summed E-state index contributed by atoms with van der Waals surface area (Å²) < 4.78 is 1.59. The molecule has 10 heteroatoms. The molecule has 8 nitrogen and oxygen atoms in total. The molecular weight excluding hydrogens is 370 g/mol. The molecule has 0 unspecified atom stereocenters. The van der Waals surface area contributed by atoms with E-state index >= 15 is 0 Å². The third-order valence-corrected chi connectivity index (χ3v) is 3.63. The third kappa shape index (κ3) is 11.2. The largest absolute Gasteiger partial charge is 0.854 e. The quantitative estimate of drug-likeness (QED) is 0.209. The average molecular weight is 386 g/mol. The summed E-state index contributed by atoms with van der Waals surface area (Å²) in [4.78, 5) is 45.3. The molecule has 1 aliphatic rings. The summed E-state index contributed by atoms with van der Waals surface area (Å²) in [5, 5.41) is 26.2. The van der Waals surface area contributed by atoms with Crippen LogP contribution in [0.15, 0.2) is 34.5 Å². The minimum atomic E-state index is -3.37. The van der Waals surface area contributed by atoms with Gasteiger partial charge < -0.3 is 38.6 Å². The molecule has 0 aromatic carbocycles. The number of hydrogen-bond acceptors (Lipinski definition) is 8. The third-order valence-electron chi connectivity index (χ3n) is 2.44. The van der Waals surface area contributed by atoms with E-state index in [1.807, 2.05) is 0 Å². The van der Waals surface area contributed by atoms with Crippen LogP contribution in [0.4, 0.5) is 0 Å². The first-order valence-electron chi connectivity index (χ1n) is 5.88. The van der Waals surface area contributed by atoms with Crippen LogP contribution in [0.5, 0.6) is 0 Å². The molecule has 3 N–H and O–H groups in total. The molecule has 0 amide bonds. The second kappa shape index (κ2) is 14.5. The molecule has 0 aliphatic heterocycles. The van der Waals surface area contributed by atoms with E-state index < -0.39 is 33.0 Å². The van der Waals surface area contributed by atoms with Crippen molar-refractivity contribution in [3.63, 3.8) is 0 Å². The van der Waals surface area contributed by atoms with Gasteiger partial charge in [-0.2, -0.15) is 0 Å². The number of aliphatic hydroxyl groups excluding tert-OH is 3. The van der Waals surface area contributed by atoms with E-state index in [1.54, 1.807) is 4.47 Å². The second-order valence-corrected chi connectivity index (χ2v) is 5.64. The Labute approximate surface area is 140 Å². The minimum absolute atomic E-state index is 0.674. The van der Waals surface area contributed by atoms with Crippen LogP contribution in [0.2, 0.25) is 5.82 Å². The van der Waals surface area contributed by atoms with Crippen LogP contribution in [-0.4, -0.2) is 40.4 Å². The van der Waals surface area contributed by atoms with Gasteiger partial charge in [0.1, 0.15) is 11.4 Å². The first kappa shape index (κ1) is 24.2. The SMILES string of the molecule is O=C=CC(CO)(CO)C(O)=C=O.[CH3][Mn+3][C]1=CC=CC1.[O-]P([O-])[O-]. The molecule has 0 spiro atoms. The standard InChI is InChI=1S/C7H8O5.C5H5.CH3.Mn.O3P/c8-2-1-7(4-10,5-11)6(12)3-9;1-2-4-5-3-1;;;1-4(2)3/h1,10-12H,4-5H2;1-3H,4H2;1H3;;/q;;;+3;-3. The van der Waals surface area contributed by atoms with E-state index in [9.17, 15) is 9.59 Å². The van der Waals surface area contributed by atoms with E-state index in [-0.39, 0.29) is 0 Å². The van der Waals surface area contributed by atoms with Crippen molar-refractivity contribution in [2.24, 2.45) is 5.41 Å². The Morgan fingerprint density at radius 2 is 1.91 bits per heavy atom. The fourth-order valence-electron chi connectivity index (χ4n) is 1.14. The topological polar surface area (TPSA) is 164 Å². The van der Waals surface area contributed by atoms with Crippen molar-refractivity contribution >= 4 is 20.5 Å². The van der Waals surface area contributed by atoms with E-state index in [2.05, 4.69) is 24.1 Å². The molecule has 0 saturated heterocycles. The Morgan fingerprint density at radius 1 is 1.39 bits per heavy atom. The first-order valence-corrected chi connectivity index (χ1v) is 8.75. The van der Waals surface area contributed by atoms with E-state index in [0.717, 1.165) is 20.9 Å². The fraction of sp³-hybridized carbons (Fsp3) is 0.385. The molecule has 0 atom stereocenters. The Hall–Kier alpha value is -1.07. The van der Waals surface area contributed by atoms with Gasteiger partial charge in [0.15, 0.2) is 11.7 Å². The zero-order chi connectivity index (χ0) is 18.3. The zero-order valence-electron chi connectivity index (χ0n) is 12.1. The number of carbonyl (C=O) groups excluding carboxylic acids is 2. The average Bonchev–Trinajstić information content (AvgIpc) is 3.05. The van der Waals surface area contributed by atoms with E-state index in [4.69, 9.17) is 30.0 Å². The number of aliphatic hydroxyl groups is 3.